The number of carbonyl (C=O) groups excluding carboxylic acids is 1. The lowest BCUT2D eigenvalue weighted by Gasteiger charge is -2.10. The van der Waals surface area contributed by atoms with Crippen LogP contribution in [0.3, 0.4) is 0 Å². The maximum Gasteiger partial charge on any atom is 0.251 e. The molecule has 0 saturated heterocycles. The molecule has 0 aliphatic carbocycles. The topological polar surface area (TPSA) is 70.7 Å². The van der Waals surface area contributed by atoms with Crippen LogP contribution in [-0.4, -0.2) is 21.2 Å². The summed E-state index contributed by atoms with van der Waals surface area (Å²) in [5, 5.41) is 12.7. The van der Waals surface area contributed by atoms with E-state index in [0.717, 1.165) is 34.4 Å². The molecule has 1 aliphatic rings. The standard InChI is InChI=1S/C20H15FN4OS/c21-16-7-5-14(6-8-16)18-17(25-9-10-27-20(25)24-18)12-23-19(26)15-3-1-13(11-22)2-4-15/h1-8H,9-10,12H2,(H,23,26). The molecule has 2 aromatic carbocycles. The Balaban J connectivity index is 1.58. The highest BCUT2D eigenvalue weighted by atomic mass is 32.2. The molecule has 1 amide bonds. The Morgan fingerprint density at radius 2 is 1.96 bits per heavy atom. The monoisotopic (exact) mass is 378 g/mol. The SMILES string of the molecule is N#Cc1ccc(C(=O)NCc2c(-c3ccc(F)cc3)nc3n2CCS3)cc1. The van der Waals surface area contributed by atoms with Gasteiger partial charge in [-0.05, 0) is 48.5 Å². The fourth-order valence-electron chi connectivity index (χ4n) is 3.01. The van der Waals surface area contributed by atoms with Gasteiger partial charge >= 0.3 is 0 Å². The highest BCUT2D eigenvalue weighted by molar-refractivity contribution is 7.99. The molecule has 0 atom stereocenters. The van der Waals surface area contributed by atoms with Crippen molar-refractivity contribution < 1.29 is 9.18 Å². The van der Waals surface area contributed by atoms with Gasteiger partial charge < -0.3 is 9.88 Å². The van der Waals surface area contributed by atoms with Gasteiger partial charge in [0.15, 0.2) is 5.16 Å². The van der Waals surface area contributed by atoms with Crippen molar-refractivity contribution in [3.8, 4) is 17.3 Å². The number of rotatable bonds is 4. The second kappa shape index (κ2) is 7.25. The number of imidazole rings is 1. The van der Waals surface area contributed by atoms with Crippen molar-refractivity contribution in [2.45, 2.75) is 18.2 Å². The number of amides is 1. The number of aromatic nitrogens is 2. The van der Waals surface area contributed by atoms with Gasteiger partial charge in [0, 0.05) is 23.4 Å². The van der Waals surface area contributed by atoms with Crippen LogP contribution in [0.1, 0.15) is 21.6 Å². The van der Waals surface area contributed by atoms with Gasteiger partial charge in [-0.2, -0.15) is 5.26 Å². The van der Waals surface area contributed by atoms with E-state index in [1.54, 1.807) is 48.2 Å². The summed E-state index contributed by atoms with van der Waals surface area (Å²) in [4.78, 5) is 17.1. The van der Waals surface area contributed by atoms with Crippen LogP contribution in [0.25, 0.3) is 11.3 Å². The lowest BCUT2D eigenvalue weighted by atomic mass is 10.1. The van der Waals surface area contributed by atoms with Crippen LogP contribution in [0.2, 0.25) is 0 Å². The molecule has 0 unspecified atom stereocenters. The van der Waals surface area contributed by atoms with Crippen molar-refractivity contribution in [3.63, 3.8) is 0 Å². The molecule has 0 spiro atoms. The number of nitriles is 1. The van der Waals surface area contributed by atoms with Crippen LogP contribution in [0, 0.1) is 17.1 Å². The summed E-state index contributed by atoms with van der Waals surface area (Å²) in [5.41, 5.74) is 3.49. The molecule has 134 valence electrons. The molecule has 0 fully saturated rings. The number of halogens is 1. The van der Waals surface area contributed by atoms with Gasteiger partial charge in [-0.15, -0.1) is 0 Å². The third-order valence-electron chi connectivity index (χ3n) is 4.39. The Hall–Kier alpha value is -3.11. The van der Waals surface area contributed by atoms with E-state index < -0.39 is 0 Å². The number of nitrogens with one attached hydrogen (secondary N) is 1. The lowest BCUT2D eigenvalue weighted by molar-refractivity contribution is 0.0950. The maximum absolute atomic E-state index is 13.3. The lowest BCUT2D eigenvalue weighted by Crippen LogP contribution is -2.24. The summed E-state index contributed by atoms with van der Waals surface area (Å²) in [5.74, 6) is 0.434. The van der Waals surface area contributed by atoms with Crippen LogP contribution in [0.4, 0.5) is 4.39 Å². The molecule has 0 radical (unpaired) electrons. The summed E-state index contributed by atoms with van der Waals surface area (Å²) in [6, 6.07) is 14.7. The van der Waals surface area contributed by atoms with E-state index in [1.807, 2.05) is 6.07 Å². The van der Waals surface area contributed by atoms with E-state index in [4.69, 9.17) is 5.26 Å². The second-order valence-electron chi connectivity index (χ2n) is 6.07. The third kappa shape index (κ3) is 3.44. The number of hydrogen-bond acceptors (Lipinski definition) is 4. The van der Waals surface area contributed by atoms with E-state index in [0.29, 0.717) is 17.7 Å². The molecule has 5 nitrogen and oxygen atoms in total. The predicted octanol–water partition coefficient (Wildman–Crippen LogP) is 3.60. The highest BCUT2D eigenvalue weighted by Crippen LogP contribution is 2.33. The van der Waals surface area contributed by atoms with E-state index in [1.165, 1.54) is 12.1 Å². The largest absolute Gasteiger partial charge is 0.346 e. The minimum Gasteiger partial charge on any atom is -0.346 e. The number of carbonyl (C=O) groups is 1. The summed E-state index contributed by atoms with van der Waals surface area (Å²) in [6.45, 7) is 1.15. The number of benzene rings is 2. The van der Waals surface area contributed by atoms with E-state index in [-0.39, 0.29) is 11.7 Å². The van der Waals surface area contributed by atoms with Gasteiger partial charge in [0.25, 0.3) is 5.91 Å². The van der Waals surface area contributed by atoms with E-state index in [9.17, 15) is 9.18 Å². The number of hydrogen-bond donors (Lipinski definition) is 1. The van der Waals surface area contributed by atoms with Crippen LogP contribution in [0.5, 0.6) is 0 Å². The van der Waals surface area contributed by atoms with Crippen molar-refractivity contribution in [2.75, 3.05) is 5.75 Å². The molecule has 0 saturated carbocycles. The van der Waals surface area contributed by atoms with Crippen molar-refractivity contribution in [1.82, 2.24) is 14.9 Å². The first-order chi connectivity index (χ1) is 13.2. The highest BCUT2D eigenvalue weighted by Gasteiger charge is 2.23. The molecule has 3 aromatic rings. The first-order valence-electron chi connectivity index (χ1n) is 8.42. The van der Waals surface area contributed by atoms with Crippen LogP contribution in [0.15, 0.2) is 53.7 Å². The molecule has 1 N–H and O–H groups in total. The van der Waals surface area contributed by atoms with Crippen LogP contribution in [-0.2, 0) is 13.1 Å². The van der Waals surface area contributed by atoms with Crippen molar-refractivity contribution in [3.05, 3.63) is 71.2 Å². The Kier molecular flexibility index (Phi) is 4.65. The average molecular weight is 378 g/mol. The van der Waals surface area contributed by atoms with Crippen molar-refractivity contribution >= 4 is 17.7 Å². The molecule has 27 heavy (non-hydrogen) atoms. The fraction of sp³-hybridized carbons (Fsp3) is 0.150. The third-order valence-corrected chi connectivity index (χ3v) is 5.35. The number of fused-ring (bicyclic) bond motifs is 1. The summed E-state index contributed by atoms with van der Waals surface area (Å²) in [6.07, 6.45) is 0. The Morgan fingerprint density at radius 1 is 1.22 bits per heavy atom. The minimum absolute atomic E-state index is 0.217. The molecule has 1 aliphatic heterocycles. The molecule has 0 bridgehead atoms. The second-order valence-corrected chi connectivity index (χ2v) is 7.13. The zero-order valence-corrected chi connectivity index (χ0v) is 15.1. The summed E-state index contributed by atoms with van der Waals surface area (Å²) < 4.78 is 15.4. The minimum atomic E-state index is -0.296. The number of nitrogens with zero attached hydrogens (tertiary/aromatic N) is 3. The molecule has 7 heteroatoms. The molecular formula is C20H15FN4OS. The van der Waals surface area contributed by atoms with Crippen LogP contribution >= 0.6 is 11.8 Å². The van der Waals surface area contributed by atoms with Gasteiger partial charge in [0.05, 0.1) is 29.6 Å². The fourth-order valence-corrected chi connectivity index (χ4v) is 3.98. The van der Waals surface area contributed by atoms with Crippen LogP contribution < -0.4 is 5.32 Å². The summed E-state index contributed by atoms with van der Waals surface area (Å²) >= 11 is 1.67. The summed E-state index contributed by atoms with van der Waals surface area (Å²) in [7, 11) is 0. The van der Waals surface area contributed by atoms with E-state index >= 15 is 0 Å². The van der Waals surface area contributed by atoms with Gasteiger partial charge in [0.1, 0.15) is 5.82 Å². The van der Waals surface area contributed by atoms with Gasteiger partial charge in [-0.25, -0.2) is 9.37 Å². The zero-order chi connectivity index (χ0) is 18.8. The van der Waals surface area contributed by atoms with Crippen molar-refractivity contribution in [1.29, 1.82) is 5.26 Å². The molecule has 2 heterocycles. The van der Waals surface area contributed by atoms with Crippen molar-refractivity contribution in [2.24, 2.45) is 0 Å². The first kappa shape index (κ1) is 17.3. The smallest absolute Gasteiger partial charge is 0.251 e. The van der Waals surface area contributed by atoms with Gasteiger partial charge in [0.2, 0.25) is 0 Å². The maximum atomic E-state index is 13.3. The zero-order valence-electron chi connectivity index (χ0n) is 14.3. The Bertz CT molecular complexity index is 1040. The first-order valence-corrected chi connectivity index (χ1v) is 9.41. The predicted molar refractivity (Wildman–Crippen MR) is 101 cm³/mol. The Morgan fingerprint density at radius 3 is 2.67 bits per heavy atom. The molecular weight excluding hydrogens is 363 g/mol. The number of thioether (sulfide) groups is 1. The Labute approximate surface area is 159 Å². The molecule has 4 rings (SSSR count). The quantitative estimate of drug-likeness (QED) is 0.753. The van der Waals surface area contributed by atoms with Gasteiger partial charge in [-0.3, -0.25) is 4.79 Å². The van der Waals surface area contributed by atoms with Gasteiger partial charge in [-0.1, -0.05) is 11.8 Å². The average Bonchev–Trinajstić information content (AvgIpc) is 3.28. The molecule has 1 aromatic heterocycles. The van der Waals surface area contributed by atoms with E-state index in [2.05, 4.69) is 14.9 Å². The normalized spacial score (nSPS) is 12.4.